The molecule has 1 saturated heterocycles. The van der Waals surface area contributed by atoms with Crippen LogP contribution in [0, 0.1) is 11.6 Å². The van der Waals surface area contributed by atoms with E-state index in [0.29, 0.717) is 32.7 Å². The highest BCUT2D eigenvalue weighted by Crippen LogP contribution is 2.27. The number of halogens is 2. The van der Waals surface area contributed by atoms with Crippen LogP contribution in [0.2, 0.25) is 0 Å². The summed E-state index contributed by atoms with van der Waals surface area (Å²) >= 11 is 3.29. The van der Waals surface area contributed by atoms with Gasteiger partial charge in [0.05, 0.1) is 17.1 Å². The summed E-state index contributed by atoms with van der Waals surface area (Å²) in [5, 5.41) is 5.11. The molecular formula is C19H17F2N3OS2. The van der Waals surface area contributed by atoms with Crippen LogP contribution in [-0.4, -0.2) is 46.9 Å². The second-order valence-corrected chi connectivity index (χ2v) is 8.16. The van der Waals surface area contributed by atoms with Crippen molar-refractivity contribution in [1.29, 1.82) is 0 Å². The van der Waals surface area contributed by atoms with Gasteiger partial charge in [-0.05, 0) is 23.6 Å². The average molecular weight is 405 g/mol. The van der Waals surface area contributed by atoms with E-state index >= 15 is 0 Å². The number of piperazine rings is 1. The van der Waals surface area contributed by atoms with Gasteiger partial charge in [0.1, 0.15) is 22.2 Å². The van der Waals surface area contributed by atoms with Crippen LogP contribution in [0.4, 0.5) is 8.78 Å². The third-order valence-electron chi connectivity index (χ3n) is 4.52. The van der Waals surface area contributed by atoms with E-state index in [1.807, 2.05) is 11.4 Å². The Bertz CT molecular complexity index is 914. The van der Waals surface area contributed by atoms with E-state index < -0.39 is 23.1 Å². The normalized spacial score (nSPS) is 15.3. The molecule has 0 unspecified atom stereocenters. The van der Waals surface area contributed by atoms with Gasteiger partial charge < -0.3 is 4.90 Å². The van der Waals surface area contributed by atoms with Crippen molar-refractivity contribution in [2.45, 2.75) is 6.54 Å². The number of amides is 1. The predicted octanol–water partition coefficient (Wildman–Crippen LogP) is 4.11. The number of thiophene rings is 1. The van der Waals surface area contributed by atoms with E-state index in [-0.39, 0.29) is 0 Å². The van der Waals surface area contributed by atoms with Crippen LogP contribution in [0.1, 0.15) is 15.4 Å². The van der Waals surface area contributed by atoms with Gasteiger partial charge in [-0.1, -0.05) is 12.1 Å². The lowest BCUT2D eigenvalue weighted by Gasteiger charge is -2.34. The van der Waals surface area contributed by atoms with Crippen molar-refractivity contribution in [3.8, 4) is 10.6 Å². The molecule has 3 heterocycles. The summed E-state index contributed by atoms with van der Waals surface area (Å²) in [5.41, 5.74) is 0.528. The Kier molecular flexibility index (Phi) is 5.29. The van der Waals surface area contributed by atoms with Crippen molar-refractivity contribution in [2.24, 2.45) is 0 Å². The number of benzene rings is 1. The fourth-order valence-electron chi connectivity index (χ4n) is 3.08. The third-order valence-corrected chi connectivity index (χ3v) is 6.25. The molecule has 2 aromatic heterocycles. The topological polar surface area (TPSA) is 36.4 Å². The Hall–Kier alpha value is -2.16. The predicted molar refractivity (Wildman–Crippen MR) is 103 cm³/mol. The first kappa shape index (κ1) is 18.2. The van der Waals surface area contributed by atoms with Gasteiger partial charge in [-0.2, -0.15) is 0 Å². The van der Waals surface area contributed by atoms with Crippen LogP contribution < -0.4 is 0 Å². The molecule has 0 aliphatic carbocycles. The Morgan fingerprint density at radius 3 is 2.44 bits per heavy atom. The van der Waals surface area contributed by atoms with Crippen molar-refractivity contribution in [3.63, 3.8) is 0 Å². The van der Waals surface area contributed by atoms with E-state index in [1.165, 1.54) is 11.0 Å². The van der Waals surface area contributed by atoms with Crippen molar-refractivity contribution in [2.75, 3.05) is 26.2 Å². The molecule has 0 saturated carbocycles. The van der Waals surface area contributed by atoms with Gasteiger partial charge in [-0.25, -0.2) is 13.8 Å². The zero-order valence-corrected chi connectivity index (χ0v) is 16.0. The molecule has 0 radical (unpaired) electrons. The summed E-state index contributed by atoms with van der Waals surface area (Å²) in [6.07, 6.45) is 0. The van der Waals surface area contributed by atoms with Crippen molar-refractivity contribution in [1.82, 2.24) is 14.8 Å². The molecule has 8 heteroatoms. The number of hydrogen-bond donors (Lipinski definition) is 0. The Labute approximate surface area is 163 Å². The number of carbonyl (C=O) groups excluding carboxylic acids is 1. The van der Waals surface area contributed by atoms with Crippen LogP contribution in [0.5, 0.6) is 0 Å². The second kappa shape index (κ2) is 7.84. The van der Waals surface area contributed by atoms with Crippen LogP contribution in [0.25, 0.3) is 10.6 Å². The van der Waals surface area contributed by atoms with Gasteiger partial charge in [0.2, 0.25) is 0 Å². The van der Waals surface area contributed by atoms with Crippen molar-refractivity contribution < 1.29 is 13.6 Å². The van der Waals surface area contributed by atoms with Gasteiger partial charge in [-0.3, -0.25) is 9.69 Å². The Balaban J connectivity index is 1.36. The van der Waals surface area contributed by atoms with Crippen molar-refractivity contribution >= 4 is 28.6 Å². The van der Waals surface area contributed by atoms with Crippen LogP contribution >= 0.6 is 22.7 Å². The minimum Gasteiger partial charge on any atom is -0.336 e. The molecule has 140 valence electrons. The summed E-state index contributed by atoms with van der Waals surface area (Å²) in [6.45, 7) is 2.89. The summed E-state index contributed by atoms with van der Waals surface area (Å²) in [5.74, 6) is -2.21. The second-order valence-electron chi connectivity index (χ2n) is 6.27. The summed E-state index contributed by atoms with van der Waals surface area (Å²) in [7, 11) is 0. The summed E-state index contributed by atoms with van der Waals surface area (Å²) in [6, 6.07) is 7.54. The monoisotopic (exact) mass is 405 g/mol. The van der Waals surface area contributed by atoms with Gasteiger partial charge in [0.15, 0.2) is 0 Å². The van der Waals surface area contributed by atoms with Crippen LogP contribution in [-0.2, 0) is 6.54 Å². The maximum absolute atomic E-state index is 13.8. The van der Waals surface area contributed by atoms with Gasteiger partial charge in [0.25, 0.3) is 5.91 Å². The molecule has 1 aromatic carbocycles. The molecule has 3 aromatic rings. The molecule has 0 atom stereocenters. The Morgan fingerprint density at radius 2 is 1.78 bits per heavy atom. The maximum atomic E-state index is 13.8. The fraction of sp³-hybridized carbons (Fsp3) is 0.263. The largest absolute Gasteiger partial charge is 0.336 e. The smallest absolute Gasteiger partial charge is 0.259 e. The number of aromatic nitrogens is 1. The first-order chi connectivity index (χ1) is 13.1. The number of thiazole rings is 1. The lowest BCUT2D eigenvalue weighted by molar-refractivity contribution is 0.0619. The zero-order valence-electron chi connectivity index (χ0n) is 14.4. The highest BCUT2D eigenvalue weighted by Gasteiger charge is 2.26. The van der Waals surface area contributed by atoms with Crippen LogP contribution in [0.3, 0.4) is 0 Å². The molecule has 1 aliphatic rings. The molecular weight excluding hydrogens is 388 g/mol. The summed E-state index contributed by atoms with van der Waals surface area (Å²) in [4.78, 5) is 22.0. The van der Waals surface area contributed by atoms with E-state index in [4.69, 9.17) is 0 Å². The van der Waals surface area contributed by atoms with Gasteiger partial charge in [0, 0.05) is 31.6 Å². The zero-order chi connectivity index (χ0) is 18.8. The average Bonchev–Trinajstić information content (AvgIpc) is 3.33. The first-order valence-corrected chi connectivity index (χ1v) is 10.3. The lowest BCUT2D eigenvalue weighted by atomic mass is 10.1. The fourth-order valence-corrected chi connectivity index (χ4v) is 4.68. The SMILES string of the molecule is O=C(c1c(F)cccc1F)N1CCN(Cc2nc(-c3cccs3)cs2)CC1. The van der Waals surface area contributed by atoms with E-state index in [0.717, 1.165) is 27.7 Å². The Morgan fingerprint density at radius 1 is 1.04 bits per heavy atom. The summed E-state index contributed by atoms with van der Waals surface area (Å²) < 4.78 is 27.7. The van der Waals surface area contributed by atoms with E-state index in [1.54, 1.807) is 22.7 Å². The van der Waals surface area contributed by atoms with E-state index in [2.05, 4.69) is 21.3 Å². The van der Waals surface area contributed by atoms with Crippen LogP contribution in [0.15, 0.2) is 41.1 Å². The number of rotatable bonds is 4. The quantitative estimate of drug-likeness (QED) is 0.656. The molecule has 0 N–H and O–H groups in total. The molecule has 1 amide bonds. The third kappa shape index (κ3) is 3.92. The van der Waals surface area contributed by atoms with Gasteiger partial charge in [-0.15, -0.1) is 22.7 Å². The molecule has 4 rings (SSSR count). The molecule has 1 aliphatic heterocycles. The minimum absolute atomic E-state index is 0.440. The minimum atomic E-state index is -0.814. The van der Waals surface area contributed by atoms with E-state index in [9.17, 15) is 13.6 Å². The standard InChI is InChI=1S/C19H17F2N3OS2/c20-13-3-1-4-14(21)18(13)19(25)24-8-6-23(7-9-24)11-17-22-15(12-27-17)16-5-2-10-26-16/h1-5,10,12H,6-9,11H2. The molecule has 27 heavy (non-hydrogen) atoms. The lowest BCUT2D eigenvalue weighted by Crippen LogP contribution is -2.48. The maximum Gasteiger partial charge on any atom is 0.259 e. The molecule has 0 spiro atoms. The molecule has 1 fully saturated rings. The highest BCUT2D eigenvalue weighted by atomic mass is 32.1. The number of carbonyl (C=O) groups is 1. The van der Waals surface area contributed by atoms with Crippen molar-refractivity contribution in [3.05, 3.63) is 63.3 Å². The van der Waals surface area contributed by atoms with Gasteiger partial charge >= 0.3 is 0 Å². The first-order valence-electron chi connectivity index (χ1n) is 8.56. The number of hydrogen-bond acceptors (Lipinski definition) is 5. The molecule has 4 nitrogen and oxygen atoms in total. The number of nitrogens with zero attached hydrogens (tertiary/aromatic N) is 3. The highest BCUT2D eigenvalue weighted by molar-refractivity contribution is 7.14. The molecule has 0 bridgehead atoms.